The molecule has 1 aliphatic rings. The third-order valence-electron chi connectivity index (χ3n) is 4.39. The van der Waals surface area contributed by atoms with Crippen LogP contribution in [0.25, 0.3) is 0 Å². The van der Waals surface area contributed by atoms with Crippen LogP contribution < -0.4 is 10.2 Å². The summed E-state index contributed by atoms with van der Waals surface area (Å²) >= 11 is 6.77. The van der Waals surface area contributed by atoms with Gasteiger partial charge in [0.25, 0.3) is 5.91 Å². The van der Waals surface area contributed by atoms with E-state index in [9.17, 15) is 4.79 Å². The Hall–Kier alpha value is -1.60. The van der Waals surface area contributed by atoms with Crippen molar-refractivity contribution in [2.24, 2.45) is 5.10 Å². The summed E-state index contributed by atoms with van der Waals surface area (Å²) in [6.07, 6.45) is 12.3. The van der Waals surface area contributed by atoms with Crippen molar-refractivity contribution in [2.75, 3.05) is 6.61 Å². The zero-order chi connectivity index (χ0) is 18.4. The lowest BCUT2D eigenvalue weighted by atomic mass is 9.95. The molecule has 7 heteroatoms. The van der Waals surface area contributed by atoms with Crippen molar-refractivity contribution in [3.05, 3.63) is 51.2 Å². The topological polar surface area (TPSA) is 55.6 Å². The Morgan fingerprint density at radius 2 is 2.08 bits per heavy atom. The van der Waals surface area contributed by atoms with Gasteiger partial charge in [-0.05, 0) is 53.0 Å². The van der Waals surface area contributed by atoms with Crippen LogP contribution >= 0.6 is 31.9 Å². The van der Waals surface area contributed by atoms with Crippen LogP contribution in [0.2, 0.25) is 0 Å². The lowest BCUT2D eigenvalue weighted by molar-refractivity contribution is -0.123. The average Bonchev–Trinajstić information content (AvgIpc) is 3.11. The molecular weight excluding hydrogens is 462 g/mol. The number of benzene rings is 1. The number of amides is 1. The number of carbonyl (C=O) groups is 1. The van der Waals surface area contributed by atoms with E-state index in [-0.39, 0.29) is 12.5 Å². The summed E-state index contributed by atoms with van der Waals surface area (Å²) < 4.78 is 9.46. The number of halogens is 2. The molecule has 138 valence electrons. The number of hydrogen-bond acceptors (Lipinski definition) is 3. The molecule has 0 radical (unpaired) electrons. The molecule has 0 bridgehead atoms. The summed E-state index contributed by atoms with van der Waals surface area (Å²) in [5.41, 5.74) is 3.47. The summed E-state index contributed by atoms with van der Waals surface area (Å²) in [5.74, 6) is 0.305. The van der Waals surface area contributed by atoms with Gasteiger partial charge in [0.2, 0.25) is 0 Å². The number of rotatable bonds is 6. The Labute approximate surface area is 170 Å². The molecule has 1 N–H and O–H groups in total. The highest BCUT2D eigenvalue weighted by atomic mass is 79.9. The summed E-state index contributed by atoms with van der Waals surface area (Å²) in [5, 5.41) is 4.01. The van der Waals surface area contributed by atoms with Crippen molar-refractivity contribution >= 4 is 44.0 Å². The minimum Gasteiger partial charge on any atom is -0.483 e. The van der Waals surface area contributed by atoms with Crippen molar-refractivity contribution in [3.63, 3.8) is 0 Å². The second-order valence-corrected chi connectivity index (χ2v) is 8.11. The normalized spacial score (nSPS) is 15.3. The highest BCUT2D eigenvalue weighted by Gasteiger charge is 2.14. The number of carbonyl (C=O) groups excluding carboxylic acids is 1. The average molecular weight is 483 g/mol. The first kappa shape index (κ1) is 19.2. The predicted octanol–water partition coefficient (Wildman–Crippen LogP) is 5.05. The Morgan fingerprint density at radius 3 is 2.85 bits per heavy atom. The van der Waals surface area contributed by atoms with E-state index in [1.54, 1.807) is 12.3 Å². The maximum absolute atomic E-state index is 11.9. The van der Waals surface area contributed by atoms with Crippen LogP contribution in [0, 0.1) is 0 Å². The van der Waals surface area contributed by atoms with Crippen LogP contribution in [0.1, 0.15) is 43.7 Å². The molecule has 0 atom stereocenters. The molecule has 1 fully saturated rings. The first-order valence-electron chi connectivity index (χ1n) is 8.69. The summed E-state index contributed by atoms with van der Waals surface area (Å²) in [6.45, 7) is -0.0966. The number of aromatic nitrogens is 1. The molecule has 2 aromatic rings. The number of hydrazone groups is 1. The molecule has 1 aromatic heterocycles. The highest BCUT2D eigenvalue weighted by molar-refractivity contribution is 9.11. The van der Waals surface area contributed by atoms with Crippen LogP contribution in [-0.2, 0) is 4.79 Å². The summed E-state index contributed by atoms with van der Waals surface area (Å²) in [6, 6.07) is 8.12. The predicted molar refractivity (Wildman–Crippen MR) is 110 cm³/mol. The van der Waals surface area contributed by atoms with Crippen LogP contribution in [-0.4, -0.2) is 23.3 Å². The van der Waals surface area contributed by atoms with E-state index in [4.69, 9.17) is 4.74 Å². The standard InChI is InChI=1S/C19H21Br2N3O2/c20-15-6-7-18(17(21)10-15)26-13-19(25)23-22-11-14-8-9-24(12-14)16-4-2-1-3-5-16/h6-12,16H,1-5,13H2,(H,23,25)/b22-11+. The SMILES string of the molecule is O=C(COc1ccc(Br)cc1Br)N/N=C/c1ccn(C2CCCCC2)c1. The zero-order valence-electron chi connectivity index (χ0n) is 14.3. The van der Waals surface area contributed by atoms with E-state index < -0.39 is 0 Å². The molecule has 3 rings (SSSR count). The van der Waals surface area contributed by atoms with E-state index >= 15 is 0 Å². The van der Waals surface area contributed by atoms with Gasteiger partial charge in [0, 0.05) is 28.5 Å². The zero-order valence-corrected chi connectivity index (χ0v) is 17.5. The lowest BCUT2D eigenvalue weighted by Gasteiger charge is -2.23. The minimum atomic E-state index is -0.303. The second-order valence-electron chi connectivity index (χ2n) is 6.34. The molecular formula is C19H21Br2N3O2. The second kappa shape index (κ2) is 9.37. The number of ether oxygens (including phenoxy) is 1. The molecule has 1 saturated carbocycles. The largest absolute Gasteiger partial charge is 0.483 e. The van der Waals surface area contributed by atoms with Crippen LogP contribution in [0.3, 0.4) is 0 Å². The van der Waals surface area contributed by atoms with E-state index in [1.807, 2.05) is 18.2 Å². The monoisotopic (exact) mass is 481 g/mol. The van der Waals surface area contributed by atoms with Gasteiger partial charge in [-0.15, -0.1) is 0 Å². The highest BCUT2D eigenvalue weighted by Crippen LogP contribution is 2.29. The smallest absolute Gasteiger partial charge is 0.277 e. The summed E-state index contributed by atoms with van der Waals surface area (Å²) in [7, 11) is 0. The fourth-order valence-electron chi connectivity index (χ4n) is 3.06. The fourth-order valence-corrected chi connectivity index (χ4v) is 4.22. The first-order chi connectivity index (χ1) is 12.6. The van der Waals surface area contributed by atoms with Gasteiger partial charge in [-0.25, -0.2) is 5.43 Å². The number of nitrogens with one attached hydrogen (secondary N) is 1. The lowest BCUT2D eigenvalue weighted by Crippen LogP contribution is -2.24. The van der Waals surface area contributed by atoms with Gasteiger partial charge in [0.15, 0.2) is 6.61 Å². The fraction of sp³-hybridized carbons (Fsp3) is 0.368. The molecule has 5 nitrogen and oxygen atoms in total. The molecule has 1 aromatic carbocycles. The molecule has 0 saturated heterocycles. The Kier molecular flexibility index (Phi) is 6.91. The molecule has 0 unspecified atom stereocenters. The van der Waals surface area contributed by atoms with Crippen LogP contribution in [0.15, 0.2) is 50.7 Å². The van der Waals surface area contributed by atoms with E-state index in [0.717, 1.165) is 14.5 Å². The molecule has 1 aliphatic carbocycles. The van der Waals surface area contributed by atoms with Gasteiger partial charge in [-0.1, -0.05) is 35.2 Å². The van der Waals surface area contributed by atoms with Crippen molar-refractivity contribution in [3.8, 4) is 5.75 Å². The van der Waals surface area contributed by atoms with Gasteiger partial charge in [0.1, 0.15) is 5.75 Å². The Bertz CT molecular complexity index is 783. The molecule has 26 heavy (non-hydrogen) atoms. The molecule has 0 spiro atoms. The minimum absolute atomic E-state index is 0.0966. The van der Waals surface area contributed by atoms with Crippen LogP contribution in [0.5, 0.6) is 5.75 Å². The molecule has 1 heterocycles. The van der Waals surface area contributed by atoms with Crippen molar-refractivity contribution < 1.29 is 9.53 Å². The van der Waals surface area contributed by atoms with Gasteiger partial charge >= 0.3 is 0 Å². The summed E-state index contributed by atoms with van der Waals surface area (Å²) in [4.78, 5) is 11.9. The maximum atomic E-state index is 11.9. The first-order valence-corrected chi connectivity index (χ1v) is 10.3. The third-order valence-corrected chi connectivity index (χ3v) is 5.50. The van der Waals surface area contributed by atoms with Crippen molar-refractivity contribution in [2.45, 2.75) is 38.1 Å². The van der Waals surface area contributed by atoms with Gasteiger partial charge < -0.3 is 9.30 Å². The molecule has 1 amide bonds. The van der Waals surface area contributed by atoms with Gasteiger partial charge in [-0.2, -0.15) is 5.10 Å². The van der Waals surface area contributed by atoms with E-state index in [0.29, 0.717) is 11.8 Å². The van der Waals surface area contributed by atoms with Gasteiger partial charge in [-0.3, -0.25) is 4.79 Å². The van der Waals surface area contributed by atoms with E-state index in [1.165, 1.54) is 32.1 Å². The van der Waals surface area contributed by atoms with Crippen molar-refractivity contribution in [1.29, 1.82) is 0 Å². The molecule has 0 aliphatic heterocycles. The number of hydrogen-bond donors (Lipinski definition) is 1. The number of nitrogens with zero attached hydrogens (tertiary/aromatic N) is 2. The van der Waals surface area contributed by atoms with Crippen LogP contribution in [0.4, 0.5) is 0 Å². The Balaban J connectivity index is 1.46. The third kappa shape index (κ3) is 5.45. The van der Waals surface area contributed by atoms with Gasteiger partial charge in [0.05, 0.1) is 10.7 Å². The Morgan fingerprint density at radius 1 is 1.27 bits per heavy atom. The van der Waals surface area contributed by atoms with E-state index in [2.05, 4.69) is 59.3 Å². The quantitative estimate of drug-likeness (QED) is 0.462. The maximum Gasteiger partial charge on any atom is 0.277 e. The van der Waals surface area contributed by atoms with Crippen molar-refractivity contribution in [1.82, 2.24) is 9.99 Å².